The van der Waals surface area contributed by atoms with E-state index in [0.717, 1.165) is 11.3 Å². The molecule has 1 heterocycles. The van der Waals surface area contributed by atoms with Gasteiger partial charge in [0.25, 0.3) is 0 Å². The minimum atomic E-state index is -0.269. The van der Waals surface area contributed by atoms with E-state index in [0.29, 0.717) is 17.3 Å². The van der Waals surface area contributed by atoms with Crippen molar-refractivity contribution < 1.29 is 9.13 Å². The van der Waals surface area contributed by atoms with Gasteiger partial charge in [0.2, 0.25) is 5.95 Å². The molecule has 0 saturated heterocycles. The molecule has 0 saturated carbocycles. The molecule has 0 fully saturated rings. The van der Waals surface area contributed by atoms with E-state index in [2.05, 4.69) is 10.1 Å². The van der Waals surface area contributed by atoms with Gasteiger partial charge < -0.3 is 10.5 Å². The first kappa shape index (κ1) is 15.7. The molecule has 1 aromatic heterocycles. The Balaban J connectivity index is 1.63. The second kappa shape index (κ2) is 6.95. The zero-order valence-corrected chi connectivity index (χ0v) is 13.2. The van der Waals surface area contributed by atoms with E-state index in [1.165, 1.54) is 10.7 Å². The highest BCUT2D eigenvalue weighted by atomic mass is 19.1. The monoisotopic (exact) mass is 324 g/mol. The van der Waals surface area contributed by atoms with Gasteiger partial charge in [0, 0.05) is 5.56 Å². The summed E-state index contributed by atoms with van der Waals surface area (Å²) in [5, 5.41) is 4.25. The number of aromatic nitrogens is 2. The van der Waals surface area contributed by atoms with Crippen molar-refractivity contribution in [2.24, 2.45) is 5.10 Å². The molecule has 6 heteroatoms. The molecule has 2 aromatic carbocycles. The number of imidazole rings is 1. The standard InChI is InChI=1S/C18H17FN4O/c1-13-11-23(18(20)22-13)21-10-14-6-8-16(9-7-14)24-12-15-4-2-3-5-17(15)19/h2-11H,12H2,1H3,(H2,20,22). The van der Waals surface area contributed by atoms with Gasteiger partial charge in [-0.1, -0.05) is 18.2 Å². The maximum Gasteiger partial charge on any atom is 0.221 e. The molecule has 0 radical (unpaired) electrons. The minimum absolute atomic E-state index is 0.185. The number of hydrogen-bond donors (Lipinski definition) is 1. The van der Waals surface area contributed by atoms with Crippen molar-refractivity contribution >= 4 is 12.2 Å². The van der Waals surface area contributed by atoms with Gasteiger partial charge in [-0.25, -0.2) is 14.1 Å². The van der Waals surface area contributed by atoms with Gasteiger partial charge in [-0.3, -0.25) is 0 Å². The van der Waals surface area contributed by atoms with Crippen molar-refractivity contribution in [2.75, 3.05) is 5.73 Å². The van der Waals surface area contributed by atoms with Crippen LogP contribution >= 0.6 is 0 Å². The van der Waals surface area contributed by atoms with Crippen LogP contribution < -0.4 is 10.5 Å². The van der Waals surface area contributed by atoms with E-state index >= 15 is 0 Å². The largest absolute Gasteiger partial charge is 0.489 e. The van der Waals surface area contributed by atoms with Crippen LogP contribution in [0.2, 0.25) is 0 Å². The van der Waals surface area contributed by atoms with E-state index in [9.17, 15) is 4.39 Å². The molecule has 0 amide bonds. The zero-order chi connectivity index (χ0) is 16.9. The summed E-state index contributed by atoms with van der Waals surface area (Å²) in [6.07, 6.45) is 3.43. The number of aryl methyl sites for hydroxylation is 1. The molecule has 0 aliphatic rings. The topological polar surface area (TPSA) is 65.4 Å². The molecule has 2 N–H and O–H groups in total. The molecule has 0 spiro atoms. The molecule has 3 rings (SSSR count). The highest BCUT2D eigenvalue weighted by Crippen LogP contribution is 2.15. The van der Waals surface area contributed by atoms with Gasteiger partial charge >= 0.3 is 0 Å². The van der Waals surface area contributed by atoms with Gasteiger partial charge in [-0.05, 0) is 42.8 Å². The Labute approximate surface area is 139 Å². The first-order chi connectivity index (χ1) is 11.6. The minimum Gasteiger partial charge on any atom is -0.489 e. The number of rotatable bonds is 5. The number of nitrogens with two attached hydrogens (primary N) is 1. The number of halogens is 1. The van der Waals surface area contributed by atoms with Crippen LogP contribution in [0, 0.1) is 12.7 Å². The third-order valence-corrected chi connectivity index (χ3v) is 3.40. The second-order valence-corrected chi connectivity index (χ2v) is 5.28. The summed E-state index contributed by atoms with van der Waals surface area (Å²) in [5.74, 6) is 0.733. The normalized spacial score (nSPS) is 11.1. The highest BCUT2D eigenvalue weighted by Gasteiger charge is 2.02. The Bertz CT molecular complexity index is 856. The smallest absolute Gasteiger partial charge is 0.221 e. The lowest BCUT2D eigenvalue weighted by Gasteiger charge is -2.07. The number of nitrogen functional groups attached to an aromatic ring is 1. The van der Waals surface area contributed by atoms with Gasteiger partial charge in [0.15, 0.2) is 0 Å². The first-order valence-corrected chi connectivity index (χ1v) is 7.44. The Morgan fingerprint density at radius 3 is 2.62 bits per heavy atom. The van der Waals surface area contributed by atoms with Crippen LogP contribution in [0.4, 0.5) is 10.3 Å². The summed E-state index contributed by atoms with van der Waals surface area (Å²) in [7, 11) is 0. The average molecular weight is 324 g/mol. The molecule has 0 aliphatic carbocycles. The molecule has 5 nitrogen and oxygen atoms in total. The number of nitrogens with zero attached hydrogens (tertiary/aromatic N) is 3. The Hall–Kier alpha value is -3.15. The van der Waals surface area contributed by atoms with Crippen LogP contribution in [-0.2, 0) is 6.61 Å². The lowest BCUT2D eigenvalue weighted by atomic mass is 10.2. The van der Waals surface area contributed by atoms with E-state index in [4.69, 9.17) is 10.5 Å². The Morgan fingerprint density at radius 1 is 1.21 bits per heavy atom. The molecule has 0 bridgehead atoms. The summed E-state index contributed by atoms with van der Waals surface area (Å²) in [6.45, 7) is 2.04. The van der Waals surface area contributed by atoms with Crippen LogP contribution in [-0.4, -0.2) is 15.9 Å². The summed E-state index contributed by atoms with van der Waals surface area (Å²) in [4.78, 5) is 4.07. The van der Waals surface area contributed by atoms with Crippen LogP contribution in [0.5, 0.6) is 5.75 Å². The van der Waals surface area contributed by atoms with E-state index < -0.39 is 0 Å². The fourth-order valence-electron chi connectivity index (χ4n) is 2.15. The summed E-state index contributed by atoms with van der Waals surface area (Å²) in [6, 6.07) is 13.9. The SMILES string of the molecule is Cc1cn(N=Cc2ccc(OCc3ccccc3F)cc2)c(N)n1. The molecular weight excluding hydrogens is 307 g/mol. The summed E-state index contributed by atoms with van der Waals surface area (Å²) < 4.78 is 20.6. The molecule has 0 aliphatic heterocycles. The van der Waals surface area contributed by atoms with Crippen LogP contribution in [0.25, 0.3) is 0 Å². The Kier molecular flexibility index (Phi) is 4.56. The lowest BCUT2D eigenvalue weighted by molar-refractivity contribution is 0.300. The molecule has 122 valence electrons. The van der Waals surface area contributed by atoms with Crippen molar-refractivity contribution in [1.29, 1.82) is 0 Å². The predicted molar refractivity (Wildman–Crippen MR) is 91.5 cm³/mol. The van der Waals surface area contributed by atoms with Gasteiger partial charge in [0.05, 0.1) is 18.1 Å². The van der Waals surface area contributed by atoms with Crippen LogP contribution in [0.1, 0.15) is 16.8 Å². The van der Waals surface area contributed by atoms with E-state index in [1.54, 1.807) is 30.6 Å². The zero-order valence-electron chi connectivity index (χ0n) is 13.2. The summed E-state index contributed by atoms with van der Waals surface area (Å²) >= 11 is 0. The average Bonchev–Trinajstić information content (AvgIpc) is 2.91. The lowest BCUT2D eigenvalue weighted by Crippen LogP contribution is -1.98. The maximum atomic E-state index is 13.5. The van der Waals surface area contributed by atoms with E-state index in [-0.39, 0.29) is 12.4 Å². The van der Waals surface area contributed by atoms with Crippen molar-refractivity contribution in [1.82, 2.24) is 9.66 Å². The summed E-state index contributed by atoms with van der Waals surface area (Å²) in [5.41, 5.74) is 7.94. The quantitative estimate of drug-likeness (QED) is 0.732. The highest BCUT2D eigenvalue weighted by molar-refractivity contribution is 5.79. The number of ether oxygens (including phenoxy) is 1. The fraction of sp³-hybridized carbons (Fsp3) is 0.111. The molecule has 24 heavy (non-hydrogen) atoms. The molecule has 0 atom stereocenters. The van der Waals surface area contributed by atoms with Crippen LogP contribution in [0.15, 0.2) is 59.8 Å². The van der Waals surface area contributed by atoms with Gasteiger partial charge in [-0.15, -0.1) is 0 Å². The molecule has 3 aromatic rings. The number of anilines is 1. The second-order valence-electron chi connectivity index (χ2n) is 5.28. The first-order valence-electron chi connectivity index (χ1n) is 7.44. The van der Waals surface area contributed by atoms with E-state index in [1.807, 2.05) is 31.2 Å². The Morgan fingerprint density at radius 2 is 1.96 bits per heavy atom. The third kappa shape index (κ3) is 3.78. The predicted octanol–water partition coefficient (Wildman–Crippen LogP) is 3.37. The van der Waals surface area contributed by atoms with Gasteiger partial charge in [0.1, 0.15) is 18.2 Å². The van der Waals surface area contributed by atoms with Gasteiger partial charge in [-0.2, -0.15) is 5.10 Å². The van der Waals surface area contributed by atoms with Crippen molar-refractivity contribution in [3.05, 3.63) is 77.4 Å². The fourth-order valence-corrected chi connectivity index (χ4v) is 2.15. The van der Waals surface area contributed by atoms with Crippen LogP contribution in [0.3, 0.4) is 0 Å². The molecule has 0 unspecified atom stereocenters. The molecular formula is C18H17FN4O. The number of benzene rings is 2. The third-order valence-electron chi connectivity index (χ3n) is 3.40. The van der Waals surface area contributed by atoms with Crippen molar-refractivity contribution in [3.63, 3.8) is 0 Å². The van der Waals surface area contributed by atoms with Crippen molar-refractivity contribution in [3.8, 4) is 5.75 Å². The number of hydrogen-bond acceptors (Lipinski definition) is 4. The van der Waals surface area contributed by atoms with Crippen molar-refractivity contribution in [2.45, 2.75) is 13.5 Å². The maximum absolute atomic E-state index is 13.5.